The summed E-state index contributed by atoms with van der Waals surface area (Å²) in [6, 6.07) is 3.17. The molecule has 0 spiro atoms. The Morgan fingerprint density at radius 1 is 1.45 bits per heavy atom. The van der Waals surface area contributed by atoms with Gasteiger partial charge in [-0.25, -0.2) is 4.79 Å². The number of hydrogen-bond acceptors (Lipinski definition) is 4. The van der Waals surface area contributed by atoms with Crippen LogP contribution in [0.4, 0.5) is 4.79 Å². The second-order valence-electron chi connectivity index (χ2n) is 5.52. The summed E-state index contributed by atoms with van der Waals surface area (Å²) in [5.41, 5.74) is 2.09. The van der Waals surface area contributed by atoms with Crippen molar-refractivity contribution in [1.29, 1.82) is 0 Å². The molecule has 20 heavy (non-hydrogen) atoms. The number of fused-ring (bicyclic) bond motifs is 2. The summed E-state index contributed by atoms with van der Waals surface area (Å²) in [4.78, 5) is 12.2. The Morgan fingerprint density at radius 2 is 2.40 bits per heavy atom. The van der Waals surface area contributed by atoms with Gasteiger partial charge in [-0.1, -0.05) is 0 Å². The van der Waals surface area contributed by atoms with E-state index >= 15 is 0 Å². The summed E-state index contributed by atoms with van der Waals surface area (Å²) < 4.78 is 1.40. The first kappa shape index (κ1) is 12.1. The van der Waals surface area contributed by atoms with E-state index in [1.54, 1.807) is 23.7 Å². The molecule has 2 aromatic rings. The van der Waals surface area contributed by atoms with Crippen LogP contribution in [0.5, 0.6) is 0 Å². The normalized spacial score (nSPS) is 27.9. The van der Waals surface area contributed by atoms with Crippen molar-refractivity contribution in [2.45, 2.75) is 37.4 Å². The average molecular weight is 288 g/mol. The van der Waals surface area contributed by atoms with E-state index in [9.17, 15) is 4.79 Å². The zero-order valence-corrected chi connectivity index (χ0v) is 11.8. The molecule has 2 aromatic heterocycles. The number of nitrogens with one attached hydrogen (secondary N) is 2. The van der Waals surface area contributed by atoms with Crippen molar-refractivity contribution in [3.05, 3.63) is 29.2 Å². The molecular weight excluding hydrogens is 272 g/mol. The molecule has 3 atom stereocenters. The first-order chi connectivity index (χ1) is 9.79. The van der Waals surface area contributed by atoms with E-state index in [1.807, 2.05) is 11.4 Å². The van der Waals surface area contributed by atoms with Gasteiger partial charge in [0.2, 0.25) is 0 Å². The molecule has 0 saturated carbocycles. The van der Waals surface area contributed by atoms with Gasteiger partial charge in [-0.2, -0.15) is 21.1 Å². The molecule has 2 N–H and O–H groups in total. The molecule has 6 heteroatoms. The van der Waals surface area contributed by atoms with Crippen LogP contribution in [0.2, 0.25) is 0 Å². The lowest BCUT2D eigenvalue weighted by atomic mass is 9.96. The number of amides is 1. The molecule has 2 saturated heterocycles. The number of hydrogen-bond donors (Lipinski definition) is 2. The Hall–Kier alpha value is -1.66. The van der Waals surface area contributed by atoms with Gasteiger partial charge < -0.3 is 10.6 Å². The predicted octanol–water partition coefficient (Wildman–Crippen LogP) is 2.06. The molecule has 0 aromatic carbocycles. The van der Waals surface area contributed by atoms with Crippen molar-refractivity contribution in [2.75, 3.05) is 0 Å². The highest BCUT2D eigenvalue weighted by Gasteiger charge is 2.39. The van der Waals surface area contributed by atoms with Crippen LogP contribution in [0.25, 0.3) is 11.1 Å². The lowest BCUT2D eigenvalue weighted by Gasteiger charge is -2.21. The third-order valence-electron chi connectivity index (χ3n) is 4.25. The maximum Gasteiger partial charge on any atom is 0.342 e. The van der Waals surface area contributed by atoms with Crippen LogP contribution in [-0.2, 0) is 0 Å². The summed E-state index contributed by atoms with van der Waals surface area (Å²) in [5.74, 6) is 0. The Kier molecular flexibility index (Phi) is 2.85. The molecule has 2 aliphatic rings. The van der Waals surface area contributed by atoms with E-state index in [1.165, 1.54) is 11.1 Å². The van der Waals surface area contributed by atoms with Crippen molar-refractivity contribution >= 4 is 17.4 Å². The van der Waals surface area contributed by atoms with Gasteiger partial charge in [0.05, 0.1) is 6.20 Å². The Balaban J connectivity index is 1.46. The van der Waals surface area contributed by atoms with Crippen molar-refractivity contribution in [2.24, 2.45) is 0 Å². The molecule has 0 unspecified atom stereocenters. The van der Waals surface area contributed by atoms with E-state index < -0.39 is 0 Å². The maximum absolute atomic E-state index is 12.2. The fraction of sp³-hybridized carbons (Fsp3) is 0.429. The van der Waals surface area contributed by atoms with E-state index in [0.29, 0.717) is 12.1 Å². The molecule has 0 radical (unpaired) electrons. The van der Waals surface area contributed by atoms with Gasteiger partial charge in [0.25, 0.3) is 0 Å². The Labute approximate surface area is 121 Å². The molecule has 5 nitrogen and oxygen atoms in total. The molecule has 4 heterocycles. The summed E-state index contributed by atoms with van der Waals surface area (Å²) in [5, 5.41) is 14.8. The molecule has 2 bridgehead atoms. The highest BCUT2D eigenvalue weighted by molar-refractivity contribution is 7.08. The first-order valence-corrected chi connectivity index (χ1v) is 7.88. The highest BCUT2D eigenvalue weighted by atomic mass is 32.1. The number of aromatic nitrogens is 2. The predicted molar refractivity (Wildman–Crippen MR) is 77.8 cm³/mol. The average Bonchev–Trinajstić information content (AvgIpc) is 3.21. The van der Waals surface area contributed by atoms with Crippen LogP contribution in [0, 0.1) is 0 Å². The van der Waals surface area contributed by atoms with Gasteiger partial charge >= 0.3 is 6.03 Å². The number of carbonyl (C=O) groups is 1. The smallest absolute Gasteiger partial charge is 0.332 e. The number of carbonyl (C=O) groups excluding carboxylic acids is 1. The van der Waals surface area contributed by atoms with Crippen LogP contribution >= 0.6 is 11.3 Å². The van der Waals surface area contributed by atoms with Crippen molar-refractivity contribution < 1.29 is 4.79 Å². The second-order valence-corrected chi connectivity index (χ2v) is 6.30. The van der Waals surface area contributed by atoms with Gasteiger partial charge in [-0.05, 0) is 41.7 Å². The minimum absolute atomic E-state index is 0.133. The molecular formula is C14H16N4OS. The van der Waals surface area contributed by atoms with E-state index in [0.717, 1.165) is 24.0 Å². The van der Waals surface area contributed by atoms with E-state index in [-0.39, 0.29) is 12.1 Å². The van der Waals surface area contributed by atoms with Crippen molar-refractivity contribution in [1.82, 2.24) is 20.4 Å². The summed E-state index contributed by atoms with van der Waals surface area (Å²) in [7, 11) is 0. The standard InChI is InChI=1S/C14H16N4OS/c19-14(17-13-5-11-1-2-12(13)16-11)18-7-10(6-15-18)9-3-4-20-8-9/h3-4,6-8,11-13,16H,1-2,5H2,(H,17,19)/t11-,12+,13-/m1/s1. The monoisotopic (exact) mass is 288 g/mol. The van der Waals surface area contributed by atoms with E-state index in [2.05, 4.69) is 21.1 Å². The Bertz CT molecular complexity index is 621. The second kappa shape index (κ2) is 4.71. The van der Waals surface area contributed by atoms with Crippen molar-refractivity contribution in [3.63, 3.8) is 0 Å². The molecule has 0 aliphatic carbocycles. The van der Waals surface area contributed by atoms with Gasteiger partial charge in [0.1, 0.15) is 0 Å². The highest BCUT2D eigenvalue weighted by Crippen LogP contribution is 2.28. The first-order valence-electron chi connectivity index (χ1n) is 6.94. The van der Waals surface area contributed by atoms with Crippen molar-refractivity contribution in [3.8, 4) is 11.1 Å². The molecule has 2 aliphatic heterocycles. The van der Waals surface area contributed by atoms with Crippen LogP contribution in [0.3, 0.4) is 0 Å². The Morgan fingerprint density at radius 3 is 3.10 bits per heavy atom. The lowest BCUT2D eigenvalue weighted by molar-refractivity contribution is 0.233. The third-order valence-corrected chi connectivity index (χ3v) is 4.94. The number of nitrogens with zero attached hydrogens (tertiary/aromatic N) is 2. The molecule has 2 fully saturated rings. The SMILES string of the molecule is O=C(N[C@@H]1C[C@H]2CC[C@@H]1N2)n1cc(-c2ccsc2)cn1. The van der Waals surface area contributed by atoms with Crippen LogP contribution in [0.15, 0.2) is 29.2 Å². The minimum Gasteiger partial charge on any atom is -0.332 e. The third kappa shape index (κ3) is 2.05. The minimum atomic E-state index is -0.133. The van der Waals surface area contributed by atoms with Gasteiger partial charge in [-0.15, -0.1) is 0 Å². The largest absolute Gasteiger partial charge is 0.342 e. The quantitative estimate of drug-likeness (QED) is 0.889. The summed E-state index contributed by atoms with van der Waals surface area (Å²) in [6.45, 7) is 0. The fourth-order valence-electron chi connectivity index (χ4n) is 3.22. The number of thiophene rings is 1. The number of rotatable bonds is 2. The van der Waals surface area contributed by atoms with Gasteiger partial charge in [0, 0.05) is 29.9 Å². The summed E-state index contributed by atoms with van der Waals surface area (Å²) in [6.07, 6.45) is 6.96. The maximum atomic E-state index is 12.2. The van der Waals surface area contributed by atoms with Crippen LogP contribution in [0.1, 0.15) is 19.3 Å². The lowest BCUT2D eigenvalue weighted by Crippen LogP contribution is -2.44. The van der Waals surface area contributed by atoms with E-state index in [4.69, 9.17) is 0 Å². The van der Waals surface area contributed by atoms with Crippen LogP contribution in [-0.4, -0.2) is 33.9 Å². The van der Waals surface area contributed by atoms with Crippen LogP contribution < -0.4 is 10.6 Å². The fourth-order valence-corrected chi connectivity index (χ4v) is 3.89. The zero-order valence-electron chi connectivity index (χ0n) is 11.0. The van der Waals surface area contributed by atoms with Gasteiger partial charge in [-0.3, -0.25) is 0 Å². The zero-order chi connectivity index (χ0) is 13.5. The molecule has 4 rings (SSSR count). The molecule has 1 amide bonds. The van der Waals surface area contributed by atoms with Gasteiger partial charge in [0.15, 0.2) is 0 Å². The summed E-state index contributed by atoms with van der Waals surface area (Å²) >= 11 is 1.64. The molecule has 104 valence electrons. The topological polar surface area (TPSA) is 59.0 Å².